The third kappa shape index (κ3) is 3.92. The zero-order valence-electron chi connectivity index (χ0n) is 9.00. The molecular weight excluding hydrogens is 212 g/mol. The van der Waals surface area contributed by atoms with E-state index in [9.17, 15) is 4.79 Å². The minimum absolute atomic E-state index is 0.244. The van der Waals surface area contributed by atoms with E-state index in [0.29, 0.717) is 17.5 Å². The summed E-state index contributed by atoms with van der Waals surface area (Å²) < 4.78 is 5.07. The summed E-state index contributed by atoms with van der Waals surface area (Å²) in [5.41, 5.74) is 1.23. The first kappa shape index (κ1) is 12.1. The van der Waals surface area contributed by atoms with Gasteiger partial charge in [0.25, 0.3) is 0 Å². The van der Waals surface area contributed by atoms with Crippen LogP contribution in [0.5, 0.6) is 5.75 Å². The van der Waals surface area contributed by atoms with Crippen LogP contribution in [0.3, 0.4) is 0 Å². The number of rotatable bonds is 4. The maximum Gasteiger partial charge on any atom is 0.312 e. The Morgan fingerprint density at radius 2 is 1.93 bits per heavy atom. The standard InChI is InChI=1S/C12H15ClO2/c1-9(2)10-3-5-11(6-4-10)15-12(14)7-8-13/h3-6,9H,7-8H2,1-2H3. The van der Waals surface area contributed by atoms with E-state index in [4.69, 9.17) is 16.3 Å². The van der Waals surface area contributed by atoms with E-state index in [-0.39, 0.29) is 12.4 Å². The highest BCUT2D eigenvalue weighted by atomic mass is 35.5. The summed E-state index contributed by atoms with van der Waals surface area (Å²) in [6.45, 7) is 4.24. The van der Waals surface area contributed by atoms with E-state index in [1.807, 2.05) is 24.3 Å². The minimum atomic E-state index is -0.290. The van der Waals surface area contributed by atoms with E-state index in [2.05, 4.69) is 13.8 Å². The molecule has 0 aliphatic carbocycles. The fraction of sp³-hybridized carbons (Fsp3) is 0.417. The Morgan fingerprint density at radius 1 is 1.33 bits per heavy atom. The summed E-state index contributed by atoms with van der Waals surface area (Å²) in [5.74, 6) is 1.07. The molecule has 1 rings (SSSR count). The third-order valence-corrected chi connectivity index (χ3v) is 2.27. The van der Waals surface area contributed by atoms with Crippen molar-refractivity contribution >= 4 is 17.6 Å². The van der Waals surface area contributed by atoms with Crippen molar-refractivity contribution in [2.45, 2.75) is 26.2 Å². The van der Waals surface area contributed by atoms with Gasteiger partial charge in [0.2, 0.25) is 0 Å². The molecule has 82 valence electrons. The Morgan fingerprint density at radius 3 is 2.40 bits per heavy atom. The van der Waals surface area contributed by atoms with Crippen molar-refractivity contribution in [3.05, 3.63) is 29.8 Å². The van der Waals surface area contributed by atoms with Gasteiger partial charge < -0.3 is 4.74 Å². The number of hydrogen-bond acceptors (Lipinski definition) is 2. The van der Waals surface area contributed by atoms with Crippen LogP contribution < -0.4 is 4.74 Å². The molecule has 0 bridgehead atoms. The molecule has 0 N–H and O–H groups in total. The molecule has 0 atom stereocenters. The summed E-state index contributed by atoms with van der Waals surface area (Å²) in [5, 5.41) is 0. The van der Waals surface area contributed by atoms with Gasteiger partial charge in [0, 0.05) is 5.88 Å². The highest BCUT2D eigenvalue weighted by molar-refractivity contribution is 6.18. The fourth-order valence-corrected chi connectivity index (χ4v) is 1.33. The van der Waals surface area contributed by atoms with Gasteiger partial charge in [-0.2, -0.15) is 0 Å². The molecule has 0 unspecified atom stereocenters. The van der Waals surface area contributed by atoms with Gasteiger partial charge in [0.05, 0.1) is 6.42 Å². The predicted molar refractivity (Wildman–Crippen MR) is 61.5 cm³/mol. The van der Waals surface area contributed by atoms with Crippen LogP contribution in [-0.4, -0.2) is 11.8 Å². The first-order chi connectivity index (χ1) is 7.13. The summed E-state index contributed by atoms with van der Waals surface area (Å²) in [4.78, 5) is 11.1. The van der Waals surface area contributed by atoms with Crippen LogP contribution in [0.1, 0.15) is 31.7 Å². The summed E-state index contributed by atoms with van der Waals surface area (Å²) in [6, 6.07) is 7.55. The number of carbonyl (C=O) groups excluding carboxylic acids is 1. The Labute approximate surface area is 95.2 Å². The largest absolute Gasteiger partial charge is 0.426 e. The molecule has 0 saturated carbocycles. The smallest absolute Gasteiger partial charge is 0.312 e. The molecule has 15 heavy (non-hydrogen) atoms. The molecule has 3 heteroatoms. The molecule has 1 aromatic carbocycles. The maximum absolute atomic E-state index is 11.1. The summed E-state index contributed by atoms with van der Waals surface area (Å²) in [6.07, 6.45) is 0.244. The first-order valence-corrected chi connectivity index (χ1v) is 5.53. The highest BCUT2D eigenvalue weighted by Gasteiger charge is 2.04. The van der Waals surface area contributed by atoms with E-state index < -0.39 is 0 Å². The minimum Gasteiger partial charge on any atom is -0.426 e. The number of halogens is 1. The number of carbonyl (C=O) groups is 1. The molecule has 1 aromatic rings. The second-order valence-electron chi connectivity index (χ2n) is 3.64. The highest BCUT2D eigenvalue weighted by Crippen LogP contribution is 2.18. The van der Waals surface area contributed by atoms with E-state index in [1.54, 1.807) is 0 Å². The molecule has 0 aliphatic heterocycles. The van der Waals surface area contributed by atoms with E-state index in [0.717, 1.165) is 0 Å². The Bertz CT molecular complexity index is 317. The lowest BCUT2D eigenvalue weighted by atomic mass is 10.0. The van der Waals surface area contributed by atoms with Crippen LogP contribution in [0.2, 0.25) is 0 Å². The summed E-state index contributed by atoms with van der Waals surface area (Å²) in [7, 11) is 0. The van der Waals surface area contributed by atoms with Crippen molar-refractivity contribution in [3.63, 3.8) is 0 Å². The van der Waals surface area contributed by atoms with Gasteiger partial charge in [0.1, 0.15) is 5.75 Å². The van der Waals surface area contributed by atoms with Gasteiger partial charge in [-0.1, -0.05) is 26.0 Å². The van der Waals surface area contributed by atoms with Gasteiger partial charge in [-0.05, 0) is 23.6 Å². The van der Waals surface area contributed by atoms with Gasteiger partial charge in [-0.25, -0.2) is 0 Å². The molecule has 2 nitrogen and oxygen atoms in total. The Hall–Kier alpha value is -1.02. The van der Waals surface area contributed by atoms with Crippen LogP contribution >= 0.6 is 11.6 Å². The molecule has 0 saturated heterocycles. The lowest BCUT2D eigenvalue weighted by Gasteiger charge is -2.07. The molecule has 0 spiro atoms. The van der Waals surface area contributed by atoms with Crippen molar-refractivity contribution in [3.8, 4) is 5.75 Å². The van der Waals surface area contributed by atoms with E-state index >= 15 is 0 Å². The van der Waals surface area contributed by atoms with Crippen LogP contribution in [0, 0.1) is 0 Å². The molecular formula is C12H15ClO2. The zero-order valence-corrected chi connectivity index (χ0v) is 9.75. The summed E-state index contributed by atoms with van der Waals surface area (Å²) >= 11 is 5.43. The van der Waals surface area contributed by atoms with Crippen molar-refractivity contribution in [2.24, 2.45) is 0 Å². The average Bonchev–Trinajstić information content (AvgIpc) is 2.18. The first-order valence-electron chi connectivity index (χ1n) is 5.00. The van der Waals surface area contributed by atoms with Gasteiger partial charge in [-0.3, -0.25) is 4.79 Å². The van der Waals surface area contributed by atoms with E-state index in [1.165, 1.54) is 5.56 Å². The van der Waals surface area contributed by atoms with Crippen molar-refractivity contribution in [1.29, 1.82) is 0 Å². The monoisotopic (exact) mass is 226 g/mol. The lowest BCUT2D eigenvalue weighted by Crippen LogP contribution is -2.08. The zero-order chi connectivity index (χ0) is 11.3. The van der Waals surface area contributed by atoms with Crippen LogP contribution in [0.15, 0.2) is 24.3 Å². The topological polar surface area (TPSA) is 26.3 Å². The third-order valence-electron chi connectivity index (χ3n) is 2.08. The van der Waals surface area contributed by atoms with Crippen LogP contribution in [-0.2, 0) is 4.79 Å². The number of alkyl halides is 1. The molecule has 0 fully saturated rings. The fourth-order valence-electron chi connectivity index (χ4n) is 1.18. The lowest BCUT2D eigenvalue weighted by molar-refractivity contribution is -0.133. The molecule has 0 amide bonds. The van der Waals surface area contributed by atoms with Crippen LogP contribution in [0.25, 0.3) is 0 Å². The molecule has 0 aromatic heterocycles. The normalized spacial score (nSPS) is 10.4. The molecule has 0 radical (unpaired) electrons. The predicted octanol–water partition coefficient (Wildman–Crippen LogP) is 3.34. The Balaban J connectivity index is 2.60. The number of esters is 1. The average molecular weight is 227 g/mol. The van der Waals surface area contributed by atoms with Gasteiger partial charge in [0.15, 0.2) is 0 Å². The Kier molecular flexibility index (Phi) is 4.63. The number of hydrogen-bond donors (Lipinski definition) is 0. The molecule has 0 heterocycles. The molecule has 0 aliphatic rings. The van der Waals surface area contributed by atoms with Crippen molar-refractivity contribution < 1.29 is 9.53 Å². The number of benzene rings is 1. The van der Waals surface area contributed by atoms with Gasteiger partial charge >= 0.3 is 5.97 Å². The van der Waals surface area contributed by atoms with Crippen LogP contribution in [0.4, 0.5) is 0 Å². The van der Waals surface area contributed by atoms with Crippen molar-refractivity contribution in [2.75, 3.05) is 5.88 Å². The quantitative estimate of drug-likeness (QED) is 0.447. The second-order valence-corrected chi connectivity index (χ2v) is 4.01. The maximum atomic E-state index is 11.1. The number of ether oxygens (including phenoxy) is 1. The van der Waals surface area contributed by atoms with Crippen molar-refractivity contribution in [1.82, 2.24) is 0 Å². The van der Waals surface area contributed by atoms with Gasteiger partial charge in [-0.15, -0.1) is 11.6 Å². The SMILES string of the molecule is CC(C)c1ccc(OC(=O)CCCl)cc1. The second kappa shape index (κ2) is 5.76.